The molecule has 0 rings (SSSR count). The molecule has 0 aromatic carbocycles. The fourth-order valence-corrected chi connectivity index (χ4v) is 1.56. The van der Waals surface area contributed by atoms with E-state index in [0.717, 1.165) is 32.4 Å². The lowest BCUT2D eigenvalue weighted by atomic mass is 9.99. The van der Waals surface area contributed by atoms with Crippen LogP contribution < -0.4 is 11.1 Å². The van der Waals surface area contributed by atoms with Gasteiger partial charge in [0.2, 0.25) is 5.91 Å². The molecule has 0 aliphatic heterocycles. The number of amides is 1. The lowest BCUT2D eigenvalue weighted by Gasteiger charge is -2.35. The van der Waals surface area contributed by atoms with Crippen molar-refractivity contribution in [1.29, 1.82) is 0 Å². The van der Waals surface area contributed by atoms with Crippen molar-refractivity contribution in [3.63, 3.8) is 0 Å². The van der Waals surface area contributed by atoms with Crippen LogP contribution in [0.1, 0.15) is 47.0 Å². The van der Waals surface area contributed by atoms with E-state index < -0.39 is 0 Å². The Morgan fingerprint density at radius 1 is 1.41 bits per heavy atom. The largest absolute Gasteiger partial charge is 0.368 e. The van der Waals surface area contributed by atoms with Gasteiger partial charge in [-0.3, -0.25) is 4.79 Å². The minimum atomic E-state index is -0.249. The van der Waals surface area contributed by atoms with Crippen LogP contribution in [-0.2, 0) is 4.79 Å². The number of hydrogen-bond acceptors (Lipinski definition) is 3. The minimum absolute atomic E-state index is 0.174. The van der Waals surface area contributed by atoms with Crippen molar-refractivity contribution in [3.05, 3.63) is 0 Å². The zero-order valence-corrected chi connectivity index (χ0v) is 12.0. The predicted molar refractivity (Wildman–Crippen MR) is 72.9 cm³/mol. The second-order valence-electron chi connectivity index (χ2n) is 5.29. The zero-order chi connectivity index (χ0) is 13.5. The molecule has 4 nitrogen and oxygen atoms in total. The molecule has 0 saturated heterocycles. The number of rotatable bonds is 9. The van der Waals surface area contributed by atoms with Crippen LogP contribution in [0.4, 0.5) is 0 Å². The molecule has 1 amide bonds. The molecule has 3 N–H and O–H groups in total. The summed E-state index contributed by atoms with van der Waals surface area (Å²) in [6, 6.07) is -0.204. The molecule has 17 heavy (non-hydrogen) atoms. The van der Waals surface area contributed by atoms with Gasteiger partial charge in [0, 0.05) is 12.1 Å². The summed E-state index contributed by atoms with van der Waals surface area (Å²) >= 11 is 0. The molecule has 0 saturated carbocycles. The first-order chi connectivity index (χ1) is 7.85. The second kappa shape index (κ2) is 7.67. The topological polar surface area (TPSA) is 58.4 Å². The fourth-order valence-electron chi connectivity index (χ4n) is 1.56. The molecule has 0 aromatic heterocycles. The SMILES string of the molecule is CCCNC(CCN(C)C(C)(C)CC)C(N)=O. The Kier molecular flexibility index (Phi) is 7.39. The van der Waals surface area contributed by atoms with Gasteiger partial charge in [-0.05, 0) is 46.7 Å². The molecule has 0 aliphatic rings. The highest BCUT2D eigenvalue weighted by Gasteiger charge is 2.22. The van der Waals surface area contributed by atoms with Gasteiger partial charge in [0.1, 0.15) is 0 Å². The van der Waals surface area contributed by atoms with Crippen LogP contribution in [0, 0.1) is 0 Å². The smallest absolute Gasteiger partial charge is 0.234 e. The average Bonchev–Trinajstić information content (AvgIpc) is 2.28. The molecule has 0 heterocycles. The van der Waals surface area contributed by atoms with Crippen LogP contribution >= 0.6 is 0 Å². The van der Waals surface area contributed by atoms with Gasteiger partial charge in [0.05, 0.1) is 6.04 Å². The molecular weight excluding hydrogens is 214 g/mol. The molecule has 102 valence electrons. The second-order valence-corrected chi connectivity index (χ2v) is 5.29. The van der Waals surface area contributed by atoms with Crippen LogP contribution in [0.5, 0.6) is 0 Å². The molecule has 0 bridgehead atoms. The van der Waals surface area contributed by atoms with E-state index in [1.165, 1.54) is 0 Å². The number of nitrogens with zero attached hydrogens (tertiary/aromatic N) is 1. The summed E-state index contributed by atoms with van der Waals surface area (Å²) in [7, 11) is 2.10. The van der Waals surface area contributed by atoms with E-state index in [1.807, 2.05) is 0 Å². The minimum Gasteiger partial charge on any atom is -0.368 e. The average molecular weight is 243 g/mol. The Hall–Kier alpha value is -0.610. The van der Waals surface area contributed by atoms with Crippen LogP contribution in [0.2, 0.25) is 0 Å². The lowest BCUT2D eigenvalue weighted by molar-refractivity contribution is -0.120. The van der Waals surface area contributed by atoms with Gasteiger partial charge < -0.3 is 16.0 Å². The Labute approximate surface area is 106 Å². The normalized spacial score (nSPS) is 14.0. The first-order valence-corrected chi connectivity index (χ1v) is 6.59. The summed E-state index contributed by atoms with van der Waals surface area (Å²) in [6.45, 7) is 10.4. The van der Waals surface area contributed by atoms with Crippen molar-refractivity contribution in [3.8, 4) is 0 Å². The van der Waals surface area contributed by atoms with Crippen molar-refractivity contribution < 1.29 is 4.79 Å². The maximum Gasteiger partial charge on any atom is 0.234 e. The molecular formula is C13H29N3O. The van der Waals surface area contributed by atoms with E-state index in [1.54, 1.807) is 0 Å². The van der Waals surface area contributed by atoms with Gasteiger partial charge >= 0.3 is 0 Å². The van der Waals surface area contributed by atoms with E-state index in [2.05, 4.69) is 45.0 Å². The third-order valence-corrected chi connectivity index (χ3v) is 3.64. The Morgan fingerprint density at radius 3 is 2.41 bits per heavy atom. The van der Waals surface area contributed by atoms with Gasteiger partial charge in [0.15, 0.2) is 0 Å². The summed E-state index contributed by atoms with van der Waals surface area (Å²) in [6.07, 6.45) is 2.88. The third kappa shape index (κ3) is 6.03. The highest BCUT2D eigenvalue weighted by Crippen LogP contribution is 2.16. The Morgan fingerprint density at radius 2 is 2.00 bits per heavy atom. The highest BCUT2D eigenvalue weighted by atomic mass is 16.1. The van der Waals surface area contributed by atoms with Gasteiger partial charge in [-0.1, -0.05) is 13.8 Å². The van der Waals surface area contributed by atoms with Gasteiger partial charge in [0.25, 0.3) is 0 Å². The van der Waals surface area contributed by atoms with E-state index in [9.17, 15) is 4.79 Å². The number of carbonyl (C=O) groups excluding carboxylic acids is 1. The van der Waals surface area contributed by atoms with Gasteiger partial charge in [-0.15, -0.1) is 0 Å². The lowest BCUT2D eigenvalue weighted by Crippen LogP contribution is -2.47. The maximum atomic E-state index is 11.3. The van der Waals surface area contributed by atoms with Crippen molar-refractivity contribution in [1.82, 2.24) is 10.2 Å². The van der Waals surface area contributed by atoms with Crippen molar-refractivity contribution in [2.75, 3.05) is 20.1 Å². The molecule has 1 atom stereocenters. The Bertz CT molecular complexity index is 229. The van der Waals surface area contributed by atoms with E-state index in [0.29, 0.717) is 0 Å². The van der Waals surface area contributed by atoms with Gasteiger partial charge in [-0.2, -0.15) is 0 Å². The molecule has 0 spiro atoms. The first-order valence-electron chi connectivity index (χ1n) is 6.59. The summed E-state index contributed by atoms with van der Waals surface area (Å²) < 4.78 is 0. The number of primary amides is 1. The third-order valence-electron chi connectivity index (χ3n) is 3.64. The first kappa shape index (κ1) is 16.4. The fraction of sp³-hybridized carbons (Fsp3) is 0.923. The van der Waals surface area contributed by atoms with Crippen molar-refractivity contribution in [2.24, 2.45) is 5.73 Å². The molecule has 0 aliphatic carbocycles. The summed E-state index contributed by atoms with van der Waals surface area (Å²) in [5.41, 5.74) is 5.56. The van der Waals surface area contributed by atoms with Crippen LogP contribution in [0.15, 0.2) is 0 Å². The zero-order valence-electron chi connectivity index (χ0n) is 12.0. The number of hydrogen-bond donors (Lipinski definition) is 2. The highest BCUT2D eigenvalue weighted by molar-refractivity contribution is 5.79. The number of carbonyl (C=O) groups is 1. The van der Waals surface area contributed by atoms with E-state index in [-0.39, 0.29) is 17.5 Å². The molecule has 0 fully saturated rings. The summed E-state index contributed by atoms with van der Waals surface area (Å²) in [4.78, 5) is 13.6. The molecule has 0 radical (unpaired) electrons. The van der Waals surface area contributed by atoms with E-state index >= 15 is 0 Å². The van der Waals surface area contributed by atoms with Crippen LogP contribution in [0.25, 0.3) is 0 Å². The molecule has 1 unspecified atom stereocenters. The summed E-state index contributed by atoms with van der Waals surface area (Å²) in [5.74, 6) is -0.249. The van der Waals surface area contributed by atoms with Crippen LogP contribution in [-0.4, -0.2) is 42.5 Å². The van der Waals surface area contributed by atoms with Gasteiger partial charge in [-0.25, -0.2) is 0 Å². The number of nitrogens with two attached hydrogens (primary N) is 1. The predicted octanol–water partition coefficient (Wildman–Crippen LogP) is 1.35. The van der Waals surface area contributed by atoms with Crippen molar-refractivity contribution in [2.45, 2.75) is 58.5 Å². The molecule has 0 aromatic rings. The standard InChI is InChI=1S/C13H29N3O/c1-6-9-15-11(12(14)17)8-10-16(5)13(3,4)7-2/h11,15H,6-10H2,1-5H3,(H2,14,17). The molecule has 4 heteroatoms. The van der Waals surface area contributed by atoms with E-state index in [4.69, 9.17) is 5.73 Å². The van der Waals surface area contributed by atoms with Crippen molar-refractivity contribution >= 4 is 5.91 Å². The maximum absolute atomic E-state index is 11.3. The van der Waals surface area contributed by atoms with Crippen LogP contribution in [0.3, 0.4) is 0 Å². The monoisotopic (exact) mass is 243 g/mol. The number of nitrogens with one attached hydrogen (secondary N) is 1. The summed E-state index contributed by atoms with van der Waals surface area (Å²) in [5, 5.41) is 3.19. The quantitative estimate of drug-likeness (QED) is 0.643. The Balaban J connectivity index is 4.16.